The van der Waals surface area contributed by atoms with Crippen molar-refractivity contribution in [3.8, 4) is 11.5 Å². The summed E-state index contributed by atoms with van der Waals surface area (Å²) in [4.78, 5) is 2.36. The molecule has 3 rings (SSSR count). The lowest BCUT2D eigenvalue weighted by molar-refractivity contribution is -0.0260. The van der Waals surface area contributed by atoms with Gasteiger partial charge in [-0.1, -0.05) is 6.07 Å². The molecule has 2 aliphatic rings. The van der Waals surface area contributed by atoms with Crippen LogP contribution in [-0.4, -0.2) is 44.0 Å². The van der Waals surface area contributed by atoms with Gasteiger partial charge in [0.15, 0.2) is 11.5 Å². The molecule has 1 fully saturated rings. The SMILES string of the molecule is Cl.Cl.NCC1CN(Cc2ccc3c(c2)OCO3)CCO1. The van der Waals surface area contributed by atoms with Crippen LogP contribution in [0.5, 0.6) is 11.5 Å². The van der Waals surface area contributed by atoms with E-state index in [4.69, 9.17) is 19.9 Å². The van der Waals surface area contributed by atoms with E-state index in [0.29, 0.717) is 13.3 Å². The number of hydrogen-bond donors (Lipinski definition) is 1. The molecule has 1 unspecified atom stereocenters. The number of hydrogen-bond acceptors (Lipinski definition) is 5. The van der Waals surface area contributed by atoms with Crippen LogP contribution in [0.4, 0.5) is 0 Å². The summed E-state index contributed by atoms with van der Waals surface area (Å²) in [5.41, 5.74) is 6.88. The molecule has 20 heavy (non-hydrogen) atoms. The first-order valence-electron chi connectivity index (χ1n) is 6.27. The van der Waals surface area contributed by atoms with Gasteiger partial charge in [-0.15, -0.1) is 24.8 Å². The monoisotopic (exact) mass is 322 g/mol. The normalized spacial score (nSPS) is 20.9. The van der Waals surface area contributed by atoms with Crippen LogP contribution in [-0.2, 0) is 11.3 Å². The minimum atomic E-state index is 0. The number of rotatable bonds is 3. The number of nitrogens with two attached hydrogens (primary N) is 1. The Bertz CT molecular complexity index is 434. The van der Waals surface area contributed by atoms with Crippen LogP contribution in [0.3, 0.4) is 0 Å². The first-order valence-corrected chi connectivity index (χ1v) is 6.27. The fraction of sp³-hybridized carbons (Fsp3) is 0.538. The van der Waals surface area contributed by atoms with Crippen molar-refractivity contribution in [2.75, 3.05) is 33.0 Å². The van der Waals surface area contributed by atoms with Crippen molar-refractivity contribution < 1.29 is 14.2 Å². The van der Waals surface area contributed by atoms with Gasteiger partial charge in [-0.2, -0.15) is 0 Å². The highest BCUT2D eigenvalue weighted by Crippen LogP contribution is 2.32. The molecule has 2 N–H and O–H groups in total. The average molecular weight is 323 g/mol. The zero-order chi connectivity index (χ0) is 12.4. The van der Waals surface area contributed by atoms with Crippen molar-refractivity contribution in [1.82, 2.24) is 4.90 Å². The molecule has 7 heteroatoms. The number of fused-ring (bicyclic) bond motifs is 1. The third-order valence-electron chi connectivity index (χ3n) is 3.33. The predicted molar refractivity (Wildman–Crippen MR) is 81.1 cm³/mol. The van der Waals surface area contributed by atoms with E-state index in [1.165, 1.54) is 5.56 Å². The number of benzene rings is 1. The average Bonchev–Trinajstić information content (AvgIpc) is 2.86. The van der Waals surface area contributed by atoms with Crippen LogP contribution >= 0.6 is 24.8 Å². The van der Waals surface area contributed by atoms with E-state index in [9.17, 15) is 0 Å². The van der Waals surface area contributed by atoms with Crippen molar-refractivity contribution in [3.05, 3.63) is 23.8 Å². The molecule has 2 heterocycles. The highest BCUT2D eigenvalue weighted by atomic mass is 35.5. The van der Waals surface area contributed by atoms with Gasteiger partial charge in [0.2, 0.25) is 6.79 Å². The van der Waals surface area contributed by atoms with Gasteiger partial charge in [-0.05, 0) is 17.7 Å². The predicted octanol–water partition coefficient (Wildman–Crippen LogP) is 1.42. The lowest BCUT2D eigenvalue weighted by atomic mass is 10.1. The van der Waals surface area contributed by atoms with E-state index >= 15 is 0 Å². The molecule has 0 aromatic heterocycles. The minimum absolute atomic E-state index is 0. The molecular weight excluding hydrogens is 303 g/mol. The second-order valence-electron chi connectivity index (χ2n) is 4.65. The Labute approximate surface area is 131 Å². The highest BCUT2D eigenvalue weighted by Gasteiger charge is 2.20. The van der Waals surface area contributed by atoms with Crippen LogP contribution in [0, 0.1) is 0 Å². The number of morpholine rings is 1. The Morgan fingerprint density at radius 2 is 2.00 bits per heavy atom. The van der Waals surface area contributed by atoms with Gasteiger partial charge in [0.25, 0.3) is 0 Å². The fourth-order valence-corrected chi connectivity index (χ4v) is 2.36. The summed E-state index contributed by atoms with van der Waals surface area (Å²) >= 11 is 0. The van der Waals surface area contributed by atoms with Gasteiger partial charge in [0.05, 0.1) is 12.7 Å². The number of ether oxygens (including phenoxy) is 3. The second-order valence-corrected chi connectivity index (χ2v) is 4.65. The van der Waals surface area contributed by atoms with Gasteiger partial charge in [-0.25, -0.2) is 0 Å². The molecule has 0 amide bonds. The molecule has 1 saturated heterocycles. The van der Waals surface area contributed by atoms with Crippen LogP contribution < -0.4 is 15.2 Å². The smallest absolute Gasteiger partial charge is 0.231 e. The number of nitrogens with zero attached hydrogens (tertiary/aromatic N) is 1. The maximum absolute atomic E-state index is 5.64. The van der Waals surface area contributed by atoms with Crippen LogP contribution in [0.15, 0.2) is 18.2 Å². The van der Waals surface area contributed by atoms with E-state index in [-0.39, 0.29) is 30.9 Å². The molecule has 1 atom stereocenters. The molecule has 0 bridgehead atoms. The minimum Gasteiger partial charge on any atom is -0.454 e. The van der Waals surface area contributed by atoms with E-state index in [1.807, 2.05) is 6.07 Å². The first-order chi connectivity index (χ1) is 8.85. The molecule has 0 aliphatic carbocycles. The largest absolute Gasteiger partial charge is 0.454 e. The lowest BCUT2D eigenvalue weighted by Gasteiger charge is -2.32. The molecule has 0 saturated carbocycles. The van der Waals surface area contributed by atoms with Crippen molar-refractivity contribution in [2.24, 2.45) is 5.73 Å². The quantitative estimate of drug-likeness (QED) is 0.912. The van der Waals surface area contributed by atoms with Crippen molar-refractivity contribution in [1.29, 1.82) is 0 Å². The van der Waals surface area contributed by atoms with E-state index in [2.05, 4.69) is 17.0 Å². The van der Waals surface area contributed by atoms with Gasteiger partial charge in [0.1, 0.15) is 0 Å². The Morgan fingerprint density at radius 1 is 1.20 bits per heavy atom. The summed E-state index contributed by atoms with van der Waals surface area (Å²) in [5, 5.41) is 0. The molecule has 0 radical (unpaired) electrons. The summed E-state index contributed by atoms with van der Waals surface area (Å²) < 4.78 is 16.2. The van der Waals surface area contributed by atoms with Gasteiger partial charge < -0.3 is 19.9 Å². The van der Waals surface area contributed by atoms with E-state index in [0.717, 1.165) is 37.7 Å². The third-order valence-corrected chi connectivity index (χ3v) is 3.33. The first kappa shape index (κ1) is 17.3. The maximum Gasteiger partial charge on any atom is 0.231 e. The van der Waals surface area contributed by atoms with Gasteiger partial charge >= 0.3 is 0 Å². The molecule has 5 nitrogen and oxygen atoms in total. The molecular formula is C13H20Cl2N2O3. The summed E-state index contributed by atoms with van der Waals surface area (Å²) in [6.07, 6.45) is 0.160. The Morgan fingerprint density at radius 3 is 2.80 bits per heavy atom. The van der Waals surface area contributed by atoms with Crippen molar-refractivity contribution >= 4 is 24.8 Å². The number of halogens is 2. The zero-order valence-electron chi connectivity index (χ0n) is 11.1. The Hall–Kier alpha value is -0.720. The molecule has 114 valence electrons. The Kier molecular flexibility index (Phi) is 6.85. The summed E-state index contributed by atoms with van der Waals surface area (Å²) in [5.74, 6) is 1.68. The molecule has 2 aliphatic heterocycles. The Balaban J connectivity index is 0.000001000. The standard InChI is InChI=1S/C13H18N2O3.2ClH/c14-6-11-8-15(3-4-16-11)7-10-1-2-12-13(5-10)18-9-17-12;;/h1-2,5,11H,3-4,6-9,14H2;2*1H. The molecule has 1 aromatic rings. The summed E-state index contributed by atoms with van der Waals surface area (Å²) in [6.45, 7) is 4.40. The maximum atomic E-state index is 5.64. The van der Waals surface area contributed by atoms with E-state index in [1.54, 1.807) is 0 Å². The van der Waals surface area contributed by atoms with Gasteiger partial charge in [-0.3, -0.25) is 4.90 Å². The summed E-state index contributed by atoms with van der Waals surface area (Å²) in [6, 6.07) is 6.11. The topological polar surface area (TPSA) is 57.0 Å². The van der Waals surface area contributed by atoms with Crippen LogP contribution in [0.2, 0.25) is 0 Å². The second kappa shape index (κ2) is 7.90. The zero-order valence-corrected chi connectivity index (χ0v) is 12.8. The van der Waals surface area contributed by atoms with Crippen LogP contribution in [0.1, 0.15) is 5.56 Å². The van der Waals surface area contributed by atoms with Crippen molar-refractivity contribution in [2.45, 2.75) is 12.6 Å². The molecule has 0 spiro atoms. The summed E-state index contributed by atoms with van der Waals surface area (Å²) in [7, 11) is 0. The fourth-order valence-electron chi connectivity index (χ4n) is 2.36. The lowest BCUT2D eigenvalue weighted by Crippen LogP contribution is -2.45. The van der Waals surface area contributed by atoms with E-state index < -0.39 is 0 Å². The van der Waals surface area contributed by atoms with Gasteiger partial charge in [0, 0.05) is 26.2 Å². The molecule has 1 aromatic carbocycles. The third kappa shape index (κ3) is 3.90. The van der Waals surface area contributed by atoms with Crippen molar-refractivity contribution in [3.63, 3.8) is 0 Å². The highest BCUT2D eigenvalue weighted by molar-refractivity contribution is 5.85. The van der Waals surface area contributed by atoms with Crippen LogP contribution in [0.25, 0.3) is 0 Å².